The normalized spacial score (nSPS) is 13.4. The van der Waals surface area contributed by atoms with Crippen molar-refractivity contribution in [3.63, 3.8) is 0 Å². The first-order valence-corrected chi connectivity index (χ1v) is 6.14. The van der Waals surface area contributed by atoms with Gasteiger partial charge in [-0.25, -0.2) is 0 Å². The summed E-state index contributed by atoms with van der Waals surface area (Å²) in [6, 6.07) is 5.17. The molecular formula is C14H24N2O2. The molecule has 0 saturated heterocycles. The van der Waals surface area contributed by atoms with Crippen molar-refractivity contribution >= 4 is 5.69 Å². The molecule has 0 spiro atoms. The second kappa shape index (κ2) is 5.59. The van der Waals surface area contributed by atoms with E-state index in [0.29, 0.717) is 12.2 Å². The van der Waals surface area contributed by atoms with E-state index in [2.05, 4.69) is 26.1 Å². The van der Waals surface area contributed by atoms with E-state index in [1.54, 1.807) is 12.1 Å². The van der Waals surface area contributed by atoms with E-state index in [0.717, 1.165) is 5.56 Å². The van der Waals surface area contributed by atoms with Gasteiger partial charge in [0.1, 0.15) is 5.75 Å². The van der Waals surface area contributed by atoms with E-state index in [1.165, 1.54) is 0 Å². The third-order valence-corrected chi connectivity index (χ3v) is 2.69. The third kappa shape index (κ3) is 4.20. The maximum atomic E-state index is 10.1. The quantitative estimate of drug-likeness (QED) is 0.766. The minimum atomic E-state index is -0.580. The molecule has 0 saturated carbocycles. The van der Waals surface area contributed by atoms with Gasteiger partial charge in [-0.1, -0.05) is 6.07 Å². The summed E-state index contributed by atoms with van der Waals surface area (Å²) in [5.74, 6) is 0.222. The summed E-state index contributed by atoms with van der Waals surface area (Å²) in [5, 5.41) is 23.1. The van der Waals surface area contributed by atoms with Crippen molar-refractivity contribution in [3.05, 3.63) is 23.8 Å². The molecule has 0 aliphatic heterocycles. The van der Waals surface area contributed by atoms with Crippen LogP contribution in [0, 0.1) is 0 Å². The first-order valence-electron chi connectivity index (χ1n) is 6.14. The van der Waals surface area contributed by atoms with Gasteiger partial charge in [-0.15, -0.1) is 0 Å². The first-order chi connectivity index (χ1) is 8.20. The molecule has 0 amide bonds. The Morgan fingerprint density at radius 1 is 1.28 bits per heavy atom. The van der Waals surface area contributed by atoms with Crippen LogP contribution in [0.4, 0.5) is 5.69 Å². The highest BCUT2D eigenvalue weighted by molar-refractivity contribution is 5.58. The van der Waals surface area contributed by atoms with Gasteiger partial charge in [0.15, 0.2) is 0 Å². The monoisotopic (exact) mass is 252 g/mol. The Morgan fingerprint density at radius 3 is 2.39 bits per heavy atom. The van der Waals surface area contributed by atoms with Crippen molar-refractivity contribution in [2.75, 3.05) is 25.5 Å². The number of phenolic OH excluding ortho intramolecular Hbond substituents is 1. The Kier molecular flexibility index (Phi) is 4.59. The second-order valence-corrected chi connectivity index (χ2v) is 5.79. The van der Waals surface area contributed by atoms with E-state index < -0.39 is 6.10 Å². The Balaban J connectivity index is 2.80. The third-order valence-electron chi connectivity index (χ3n) is 2.69. The summed E-state index contributed by atoms with van der Waals surface area (Å²) >= 11 is 0. The number of anilines is 1. The maximum Gasteiger partial charge on any atom is 0.138 e. The highest BCUT2D eigenvalue weighted by Gasteiger charge is 2.15. The molecule has 18 heavy (non-hydrogen) atoms. The fourth-order valence-electron chi connectivity index (χ4n) is 1.63. The summed E-state index contributed by atoms with van der Waals surface area (Å²) < 4.78 is 0. The van der Waals surface area contributed by atoms with Crippen LogP contribution < -0.4 is 10.2 Å². The summed E-state index contributed by atoms with van der Waals surface area (Å²) in [4.78, 5) is 1.82. The van der Waals surface area contributed by atoms with Crippen LogP contribution in [-0.4, -0.2) is 36.4 Å². The maximum absolute atomic E-state index is 10.1. The molecular weight excluding hydrogens is 228 g/mol. The number of β-amino-alcohol motifs (C(OH)–C–C–N with tert-alkyl or cyclic N) is 1. The summed E-state index contributed by atoms with van der Waals surface area (Å²) in [5.41, 5.74) is 1.48. The molecule has 1 atom stereocenters. The van der Waals surface area contributed by atoms with Gasteiger partial charge in [0.25, 0.3) is 0 Å². The topological polar surface area (TPSA) is 55.7 Å². The standard InChI is InChI=1S/C14H24N2O2/c1-14(2,3)15-9-13(18)10-6-7-12(17)11(8-10)16(4)5/h6-8,13,15,17-18H,9H2,1-5H3. The van der Waals surface area contributed by atoms with Gasteiger partial charge < -0.3 is 20.4 Å². The number of aromatic hydroxyl groups is 1. The molecule has 0 heterocycles. The molecule has 102 valence electrons. The minimum Gasteiger partial charge on any atom is -0.506 e. The van der Waals surface area contributed by atoms with Crippen molar-refractivity contribution in [2.24, 2.45) is 0 Å². The zero-order valence-corrected chi connectivity index (χ0v) is 11.9. The van der Waals surface area contributed by atoms with Crippen LogP contribution in [0.5, 0.6) is 5.75 Å². The van der Waals surface area contributed by atoms with Crippen LogP contribution in [-0.2, 0) is 0 Å². The molecule has 4 nitrogen and oxygen atoms in total. The molecule has 0 radical (unpaired) electrons. The first kappa shape index (κ1) is 14.8. The summed E-state index contributed by atoms with van der Waals surface area (Å²) in [6.07, 6.45) is -0.580. The van der Waals surface area contributed by atoms with Crippen molar-refractivity contribution in [1.82, 2.24) is 5.32 Å². The summed E-state index contributed by atoms with van der Waals surface area (Å²) in [6.45, 7) is 6.66. The number of nitrogens with one attached hydrogen (secondary N) is 1. The number of hydrogen-bond acceptors (Lipinski definition) is 4. The molecule has 1 aromatic carbocycles. The zero-order valence-electron chi connectivity index (χ0n) is 11.9. The lowest BCUT2D eigenvalue weighted by Crippen LogP contribution is -2.38. The average Bonchev–Trinajstić information content (AvgIpc) is 2.25. The van der Waals surface area contributed by atoms with E-state index in [9.17, 15) is 10.2 Å². The zero-order chi connectivity index (χ0) is 13.9. The number of benzene rings is 1. The van der Waals surface area contributed by atoms with Crippen molar-refractivity contribution < 1.29 is 10.2 Å². The van der Waals surface area contributed by atoms with Gasteiger partial charge in [-0.3, -0.25) is 0 Å². The molecule has 0 fully saturated rings. The number of hydrogen-bond donors (Lipinski definition) is 3. The number of nitrogens with zero attached hydrogens (tertiary/aromatic N) is 1. The van der Waals surface area contributed by atoms with Gasteiger partial charge in [0.2, 0.25) is 0 Å². The van der Waals surface area contributed by atoms with E-state index in [-0.39, 0.29) is 11.3 Å². The van der Waals surface area contributed by atoms with Gasteiger partial charge in [0, 0.05) is 26.2 Å². The SMILES string of the molecule is CN(C)c1cc(C(O)CNC(C)(C)C)ccc1O. The fraction of sp³-hybridized carbons (Fsp3) is 0.571. The molecule has 0 aliphatic rings. The molecule has 0 aromatic heterocycles. The second-order valence-electron chi connectivity index (χ2n) is 5.79. The highest BCUT2D eigenvalue weighted by atomic mass is 16.3. The Morgan fingerprint density at radius 2 is 1.89 bits per heavy atom. The number of aliphatic hydroxyl groups excluding tert-OH is 1. The van der Waals surface area contributed by atoms with Gasteiger partial charge in [-0.2, -0.15) is 0 Å². The lowest BCUT2D eigenvalue weighted by Gasteiger charge is -2.24. The number of rotatable bonds is 4. The molecule has 1 unspecified atom stereocenters. The lowest BCUT2D eigenvalue weighted by molar-refractivity contribution is 0.163. The summed E-state index contributed by atoms with van der Waals surface area (Å²) in [7, 11) is 3.72. The molecule has 0 aliphatic carbocycles. The predicted molar refractivity (Wildman–Crippen MR) is 75.1 cm³/mol. The molecule has 3 N–H and O–H groups in total. The smallest absolute Gasteiger partial charge is 0.138 e. The predicted octanol–water partition coefficient (Wildman–Crippen LogP) is 1.88. The minimum absolute atomic E-state index is 0.0255. The molecule has 1 rings (SSSR count). The van der Waals surface area contributed by atoms with Crippen LogP contribution >= 0.6 is 0 Å². The molecule has 4 heteroatoms. The van der Waals surface area contributed by atoms with E-state index in [1.807, 2.05) is 25.1 Å². The Labute approximate surface area is 109 Å². The van der Waals surface area contributed by atoms with Crippen LogP contribution in [0.2, 0.25) is 0 Å². The van der Waals surface area contributed by atoms with Gasteiger partial charge in [-0.05, 0) is 38.5 Å². The fourth-order valence-corrected chi connectivity index (χ4v) is 1.63. The van der Waals surface area contributed by atoms with Crippen LogP contribution in [0.3, 0.4) is 0 Å². The highest BCUT2D eigenvalue weighted by Crippen LogP contribution is 2.28. The van der Waals surface area contributed by atoms with E-state index in [4.69, 9.17) is 0 Å². The van der Waals surface area contributed by atoms with Crippen LogP contribution in [0.1, 0.15) is 32.4 Å². The van der Waals surface area contributed by atoms with Gasteiger partial charge >= 0.3 is 0 Å². The largest absolute Gasteiger partial charge is 0.506 e. The number of phenols is 1. The van der Waals surface area contributed by atoms with Crippen molar-refractivity contribution in [2.45, 2.75) is 32.4 Å². The van der Waals surface area contributed by atoms with Gasteiger partial charge in [0.05, 0.1) is 11.8 Å². The van der Waals surface area contributed by atoms with Crippen LogP contribution in [0.25, 0.3) is 0 Å². The van der Waals surface area contributed by atoms with Crippen molar-refractivity contribution in [1.29, 1.82) is 0 Å². The lowest BCUT2D eigenvalue weighted by atomic mass is 10.1. The number of aliphatic hydroxyl groups is 1. The van der Waals surface area contributed by atoms with E-state index >= 15 is 0 Å². The molecule has 0 bridgehead atoms. The molecule has 1 aromatic rings. The van der Waals surface area contributed by atoms with Crippen LogP contribution in [0.15, 0.2) is 18.2 Å². The Bertz CT molecular complexity index is 397. The Hall–Kier alpha value is -1.26. The average molecular weight is 252 g/mol. The van der Waals surface area contributed by atoms with Crippen molar-refractivity contribution in [3.8, 4) is 5.75 Å².